The third kappa shape index (κ3) is 3.28. The van der Waals surface area contributed by atoms with Gasteiger partial charge in [-0.05, 0) is 13.0 Å². The Morgan fingerprint density at radius 2 is 2.06 bits per heavy atom. The summed E-state index contributed by atoms with van der Waals surface area (Å²) in [5, 5.41) is 0. The average molecular weight is 222 g/mol. The molecule has 3 nitrogen and oxygen atoms in total. The number of methoxy groups -OCH3 is 1. The van der Waals surface area contributed by atoms with Crippen molar-refractivity contribution in [2.45, 2.75) is 6.92 Å². The Kier molecular flexibility index (Phi) is 5.43. The molecule has 0 aliphatic carbocycles. The van der Waals surface area contributed by atoms with Gasteiger partial charge in [0.15, 0.2) is 11.5 Å². The third-order valence-corrected chi connectivity index (χ3v) is 2.06. The predicted molar refractivity (Wildman–Crippen MR) is 65.1 cm³/mol. The Bertz CT molecular complexity index is 334. The van der Waals surface area contributed by atoms with E-state index >= 15 is 0 Å². The largest absolute Gasteiger partial charge is 0.489 e. The molecule has 0 N–H and O–H groups in total. The molecule has 0 aliphatic rings. The van der Waals surface area contributed by atoms with Gasteiger partial charge in [0.05, 0.1) is 13.2 Å². The lowest BCUT2D eigenvalue weighted by Crippen LogP contribution is -2.06. The number of hydrogen-bond donors (Lipinski definition) is 0. The molecule has 1 rings (SSSR count). The molecular formula is C13H18O3. The van der Waals surface area contributed by atoms with E-state index in [1.807, 2.05) is 25.1 Å². The van der Waals surface area contributed by atoms with Crippen LogP contribution in [0.25, 0.3) is 6.08 Å². The summed E-state index contributed by atoms with van der Waals surface area (Å²) in [7, 11) is 1.65. The molecule has 0 spiro atoms. The second-order valence-corrected chi connectivity index (χ2v) is 3.15. The first-order chi connectivity index (χ1) is 7.83. The maximum atomic E-state index is 5.57. The summed E-state index contributed by atoms with van der Waals surface area (Å²) in [4.78, 5) is 0. The first kappa shape index (κ1) is 12.6. The zero-order valence-electron chi connectivity index (χ0n) is 9.86. The molecule has 16 heavy (non-hydrogen) atoms. The van der Waals surface area contributed by atoms with Gasteiger partial charge in [0.1, 0.15) is 6.61 Å². The monoisotopic (exact) mass is 222 g/mol. The molecule has 0 bridgehead atoms. The fourth-order valence-electron chi connectivity index (χ4n) is 1.34. The highest BCUT2D eigenvalue weighted by molar-refractivity contribution is 5.61. The number of hydrogen-bond acceptors (Lipinski definition) is 3. The molecule has 1 aromatic carbocycles. The molecular weight excluding hydrogens is 204 g/mol. The highest BCUT2D eigenvalue weighted by Gasteiger charge is 2.08. The van der Waals surface area contributed by atoms with Crippen LogP contribution in [0.1, 0.15) is 12.5 Å². The van der Waals surface area contributed by atoms with Crippen molar-refractivity contribution in [3.8, 4) is 11.5 Å². The van der Waals surface area contributed by atoms with Gasteiger partial charge in [-0.25, -0.2) is 0 Å². The molecule has 88 valence electrons. The van der Waals surface area contributed by atoms with Gasteiger partial charge < -0.3 is 14.2 Å². The summed E-state index contributed by atoms with van der Waals surface area (Å²) < 4.78 is 16.1. The number of rotatable bonds is 7. The normalized spacial score (nSPS) is 9.88. The van der Waals surface area contributed by atoms with Gasteiger partial charge in [0.2, 0.25) is 0 Å². The highest BCUT2D eigenvalue weighted by Crippen LogP contribution is 2.31. The Morgan fingerprint density at radius 3 is 2.69 bits per heavy atom. The Morgan fingerprint density at radius 1 is 1.25 bits per heavy atom. The first-order valence-corrected chi connectivity index (χ1v) is 5.33. The fraction of sp³-hybridized carbons (Fsp3) is 0.385. The lowest BCUT2D eigenvalue weighted by atomic mass is 10.2. The van der Waals surface area contributed by atoms with E-state index in [0.29, 0.717) is 19.8 Å². The number of benzene rings is 1. The molecule has 0 fully saturated rings. The van der Waals surface area contributed by atoms with Crippen LogP contribution < -0.4 is 9.47 Å². The summed E-state index contributed by atoms with van der Waals surface area (Å²) in [5.74, 6) is 1.48. The van der Waals surface area contributed by atoms with Crippen molar-refractivity contribution >= 4 is 6.08 Å². The SMILES string of the molecule is C=Cc1cccc(OCCOC)c1OCC. The highest BCUT2D eigenvalue weighted by atomic mass is 16.5. The van der Waals surface area contributed by atoms with Crippen LogP contribution in [0.4, 0.5) is 0 Å². The zero-order valence-corrected chi connectivity index (χ0v) is 9.86. The molecule has 0 unspecified atom stereocenters. The molecule has 0 atom stereocenters. The van der Waals surface area contributed by atoms with Crippen LogP contribution in [0, 0.1) is 0 Å². The predicted octanol–water partition coefficient (Wildman–Crippen LogP) is 2.75. The van der Waals surface area contributed by atoms with E-state index in [-0.39, 0.29) is 0 Å². The molecule has 0 saturated carbocycles. The number of para-hydroxylation sites is 1. The van der Waals surface area contributed by atoms with Crippen LogP contribution in [-0.2, 0) is 4.74 Å². The van der Waals surface area contributed by atoms with Crippen LogP contribution in [-0.4, -0.2) is 26.9 Å². The molecule has 3 heteroatoms. The van der Waals surface area contributed by atoms with Crippen LogP contribution in [0.3, 0.4) is 0 Å². The van der Waals surface area contributed by atoms with Crippen molar-refractivity contribution in [2.75, 3.05) is 26.9 Å². The van der Waals surface area contributed by atoms with E-state index in [0.717, 1.165) is 17.1 Å². The zero-order chi connectivity index (χ0) is 11.8. The summed E-state index contributed by atoms with van der Waals surface area (Å²) in [6.45, 7) is 7.37. The smallest absolute Gasteiger partial charge is 0.168 e. The second kappa shape index (κ2) is 6.90. The standard InChI is InChI=1S/C13H18O3/c1-4-11-7-6-8-12(13(11)15-5-2)16-10-9-14-3/h4,6-8H,1,5,9-10H2,2-3H3. The Labute approximate surface area is 96.6 Å². The van der Waals surface area contributed by atoms with Crippen molar-refractivity contribution < 1.29 is 14.2 Å². The lowest BCUT2D eigenvalue weighted by molar-refractivity contribution is 0.143. The molecule has 0 aromatic heterocycles. The van der Waals surface area contributed by atoms with Crippen molar-refractivity contribution in [3.05, 3.63) is 30.3 Å². The fourth-order valence-corrected chi connectivity index (χ4v) is 1.34. The van der Waals surface area contributed by atoms with Crippen molar-refractivity contribution in [1.82, 2.24) is 0 Å². The molecule has 1 aromatic rings. The van der Waals surface area contributed by atoms with Gasteiger partial charge >= 0.3 is 0 Å². The van der Waals surface area contributed by atoms with E-state index in [2.05, 4.69) is 6.58 Å². The quantitative estimate of drug-likeness (QED) is 0.664. The second-order valence-electron chi connectivity index (χ2n) is 3.15. The Balaban J connectivity index is 2.83. The van der Waals surface area contributed by atoms with Gasteiger partial charge in [0, 0.05) is 12.7 Å². The first-order valence-electron chi connectivity index (χ1n) is 5.33. The van der Waals surface area contributed by atoms with E-state index in [1.165, 1.54) is 0 Å². The van der Waals surface area contributed by atoms with Crippen LogP contribution in [0.2, 0.25) is 0 Å². The molecule has 0 heterocycles. The molecule has 0 aliphatic heterocycles. The van der Waals surface area contributed by atoms with Gasteiger partial charge in [-0.1, -0.05) is 24.8 Å². The average Bonchev–Trinajstić information content (AvgIpc) is 2.31. The van der Waals surface area contributed by atoms with Crippen LogP contribution in [0.15, 0.2) is 24.8 Å². The maximum absolute atomic E-state index is 5.57. The summed E-state index contributed by atoms with van der Waals surface area (Å²) >= 11 is 0. The minimum absolute atomic E-state index is 0.511. The number of ether oxygens (including phenoxy) is 3. The summed E-state index contributed by atoms with van der Waals surface area (Å²) in [5.41, 5.74) is 0.941. The van der Waals surface area contributed by atoms with Gasteiger partial charge in [-0.2, -0.15) is 0 Å². The molecule has 0 radical (unpaired) electrons. The van der Waals surface area contributed by atoms with E-state index in [1.54, 1.807) is 13.2 Å². The van der Waals surface area contributed by atoms with Crippen LogP contribution in [0.5, 0.6) is 11.5 Å². The van der Waals surface area contributed by atoms with Gasteiger partial charge in [-0.3, -0.25) is 0 Å². The van der Waals surface area contributed by atoms with E-state index < -0.39 is 0 Å². The van der Waals surface area contributed by atoms with Crippen molar-refractivity contribution in [3.63, 3.8) is 0 Å². The van der Waals surface area contributed by atoms with Gasteiger partial charge in [-0.15, -0.1) is 0 Å². The van der Waals surface area contributed by atoms with E-state index in [4.69, 9.17) is 14.2 Å². The topological polar surface area (TPSA) is 27.7 Å². The van der Waals surface area contributed by atoms with E-state index in [9.17, 15) is 0 Å². The minimum atomic E-state index is 0.511. The Hall–Kier alpha value is -1.48. The maximum Gasteiger partial charge on any atom is 0.168 e. The third-order valence-electron chi connectivity index (χ3n) is 2.06. The summed E-state index contributed by atoms with van der Waals surface area (Å²) in [6.07, 6.45) is 1.76. The molecule has 0 amide bonds. The van der Waals surface area contributed by atoms with Crippen LogP contribution >= 0.6 is 0 Å². The van der Waals surface area contributed by atoms with Gasteiger partial charge in [0.25, 0.3) is 0 Å². The van der Waals surface area contributed by atoms with Crippen molar-refractivity contribution in [1.29, 1.82) is 0 Å². The van der Waals surface area contributed by atoms with Crippen molar-refractivity contribution in [2.24, 2.45) is 0 Å². The molecule has 0 saturated heterocycles. The minimum Gasteiger partial charge on any atom is -0.489 e. The summed E-state index contributed by atoms with van der Waals surface area (Å²) in [6, 6.07) is 5.75. The lowest BCUT2D eigenvalue weighted by Gasteiger charge is -2.13.